The fraction of sp³-hybridized carbons (Fsp3) is 0.389. The van der Waals surface area contributed by atoms with Gasteiger partial charge in [0.1, 0.15) is 0 Å². The molecule has 7 heteroatoms. The molecule has 1 saturated carbocycles. The van der Waals surface area contributed by atoms with Crippen molar-refractivity contribution in [1.29, 1.82) is 0 Å². The number of nitrogens with two attached hydrogens (primary N) is 1. The Morgan fingerprint density at radius 3 is 2.92 bits per heavy atom. The van der Waals surface area contributed by atoms with Crippen molar-refractivity contribution in [2.24, 2.45) is 5.92 Å². The van der Waals surface area contributed by atoms with Crippen LogP contribution in [0, 0.1) is 5.92 Å². The van der Waals surface area contributed by atoms with E-state index < -0.39 is 0 Å². The van der Waals surface area contributed by atoms with E-state index in [1.54, 1.807) is 10.8 Å². The Kier molecular flexibility index (Phi) is 3.34. The SMILES string of the molecule is Nc1nc(C2=CCN(CC3CC3)CC2)cc2nc(-c3ccco3)nn12. The first-order valence-corrected chi connectivity index (χ1v) is 8.75. The summed E-state index contributed by atoms with van der Waals surface area (Å²) >= 11 is 0. The molecule has 0 saturated heterocycles. The van der Waals surface area contributed by atoms with Crippen LogP contribution in [-0.4, -0.2) is 44.1 Å². The van der Waals surface area contributed by atoms with E-state index in [0.717, 1.165) is 31.1 Å². The lowest BCUT2D eigenvalue weighted by Gasteiger charge is -2.26. The number of rotatable bonds is 4. The Morgan fingerprint density at radius 2 is 2.20 bits per heavy atom. The molecule has 0 radical (unpaired) electrons. The van der Waals surface area contributed by atoms with Gasteiger partial charge in [-0.05, 0) is 42.9 Å². The number of hydrogen-bond donors (Lipinski definition) is 1. The third-order valence-corrected chi connectivity index (χ3v) is 4.93. The van der Waals surface area contributed by atoms with Gasteiger partial charge in [0.25, 0.3) is 0 Å². The van der Waals surface area contributed by atoms with E-state index in [1.807, 2.05) is 18.2 Å². The number of aromatic nitrogens is 4. The van der Waals surface area contributed by atoms with Crippen molar-refractivity contribution in [2.75, 3.05) is 25.4 Å². The number of anilines is 1. The lowest BCUT2D eigenvalue weighted by atomic mass is 10.0. The van der Waals surface area contributed by atoms with Crippen LogP contribution in [0.1, 0.15) is 25.0 Å². The van der Waals surface area contributed by atoms with E-state index >= 15 is 0 Å². The predicted octanol–water partition coefficient (Wildman–Crippen LogP) is 2.47. The Bertz CT molecular complexity index is 938. The summed E-state index contributed by atoms with van der Waals surface area (Å²) in [4.78, 5) is 11.6. The maximum atomic E-state index is 6.11. The van der Waals surface area contributed by atoms with E-state index in [-0.39, 0.29) is 0 Å². The van der Waals surface area contributed by atoms with Crippen molar-refractivity contribution in [3.05, 3.63) is 36.2 Å². The summed E-state index contributed by atoms with van der Waals surface area (Å²) in [6.45, 7) is 3.30. The molecular formula is C18H20N6O. The van der Waals surface area contributed by atoms with Gasteiger partial charge in [-0.15, -0.1) is 5.10 Å². The largest absolute Gasteiger partial charge is 0.461 e. The van der Waals surface area contributed by atoms with Gasteiger partial charge in [-0.1, -0.05) is 6.08 Å². The molecule has 4 heterocycles. The first kappa shape index (κ1) is 14.7. The minimum absolute atomic E-state index is 0.346. The van der Waals surface area contributed by atoms with Gasteiger partial charge >= 0.3 is 0 Å². The molecule has 7 nitrogen and oxygen atoms in total. The molecule has 25 heavy (non-hydrogen) atoms. The molecule has 1 fully saturated rings. The number of furan rings is 1. The molecule has 2 N–H and O–H groups in total. The smallest absolute Gasteiger partial charge is 0.223 e. The third-order valence-electron chi connectivity index (χ3n) is 4.93. The van der Waals surface area contributed by atoms with Gasteiger partial charge in [0, 0.05) is 25.7 Å². The molecule has 5 rings (SSSR count). The highest BCUT2D eigenvalue weighted by molar-refractivity contribution is 5.68. The fourth-order valence-electron chi connectivity index (χ4n) is 3.36. The third kappa shape index (κ3) is 2.80. The normalized spacial score (nSPS) is 18.6. The molecule has 0 amide bonds. The lowest BCUT2D eigenvalue weighted by Crippen LogP contribution is -2.30. The van der Waals surface area contributed by atoms with Crippen molar-refractivity contribution >= 4 is 17.2 Å². The Balaban J connectivity index is 1.44. The van der Waals surface area contributed by atoms with Crippen LogP contribution in [0.2, 0.25) is 0 Å². The van der Waals surface area contributed by atoms with Crippen molar-refractivity contribution in [3.63, 3.8) is 0 Å². The minimum atomic E-state index is 0.346. The second kappa shape index (κ2) is 5.70. The van der Waals surface area contributed by atoms with Crippen LogP contribution in [0.5, 0.6) is 0 Å². The molecular weight excluding hydrogens is 316 g/mol. The molecule has 0 bridgehead atoms. The average molecular weight is 336 g/mol. The van der Waals surface area contributed by atoms with Crippen LogP contribution >= 0.6 is 0 Å². The van der Waals surface area contributed by atoms with Crippen LogP contribution < -0.4 is 5.73 Å². The van der Waals surface area contributed by atoms with Crippen LogP contribution in [0.15, 0.2) is 35.0 Å². The Morgan fingerprint density at radius 1 is 1.28 bits per heavy atom. The monoisotopic (exact) mass is 336 g/mol. The molecule has 1 aliphatic heterocycles. The van der Waals surface area contributed by atoms with Crippen molar-refractivity contribution in [3.8, 4) is 11.6 Å². The predicted molar refractivity (Wildman–Crippen MR) is 94.7 cm³/mol. The molecule has 0 spiro atoms. The number of fused-ring (bicyclic) bond motifs is 1. The highest BCUT2D eigenvalue weighted by Crippen LogP contribution is 2.31. The van der Waals surface area contributed by atoms with Gasteiger partial charge in [-0.25, -0.2) is 9.97 Å². The molecule has 0 unspecified atom stereocenters. The van der Waals surface area contributed by atoms with E-state index in [2.05, 4.69) is 26.0 Å². The summed E-state index contributed by atoms with van der Waals surface area (Å²) in [7, 11) is 0. The lowest BCUT2D eigenvalue weighted by molar-refractivity contribution is 0.289. The van der Waals surface area contributed by atoms with Gasteiger partial charge < -0.3 is 10.2 Å². The molecule has 128 valence electrons. The standard InChI is InChI=1S/C18H20N6O/c19-18-20-14(13-5-7-23(8-6-13)11-12-3-4-12)10-16-21-17(22-24(16)18)15-2-1-9-25-15/h1-2,5,9-10,12H,3-4,6-8,11H2,(H2,19,20). The van der Waals surface area contributed by atoms with E-state index in [0.29, 0.717) is 23.2 Å². The van der Waals surface area contributed by atoms with Gasteiger partial charge in [-0.3, -0.25) is 4.90 Å². The van der Waals surface area contributed by atoms with Gasteiger partial charge in [-0.2, -0.15) is 4.52 Å². The summed E-state index contributed by atoms with van der Waals surface area (Å²) in [5.41, 5.74) is 8.94. The second-order valence-electron chi connectivity index (χ2n) is 6.86. The second-order valence-corrected chi connectivity index (χ2v) is 6.86. The Labute approximate surface area is 145 Å². The van der Waals surface area contributed by atoms with E-state index in [9.17, 15) is 0 Å². The van der Waals surface area contributed by atoms with Crippen LogP contribution in [0.3, 0.4) is 0 Å². The zero-order valence-corrected chi connectivity index (χ0v) is 13.9. The molecule has 3 aromatic heterocycles. The van der Waals surface area contributed by atoms with Crippen molar-refractivity contribution < 1.29 is 4.42 Å². The minimum Gasteiger partial charge on any atom is -0.461 e. The van der Waals surface area contributed by atoms with E-state index in [1.165, 1.54) is 25.0 Å². The average Bonchev–Trinajstić information content (AvgIpc) is 3.12. The molecule has 3 aromatic rings. The maximum Gasteiger partial charge on any atom is 0.223 e. The molecule has 0 aromatic carbocycles. The Hall–Kier alpha value is -2.67. The van der Waals surface area contributed by atoms with E-state index in [4.69, 9.17) is 10.2 Å². The highest BCUT2D eigenvalue weighted by atomic mass is 16.3. The van der Waals surface area contributed by atoms with Crippen molar-refractivity contribution in [2.45, 2.75) is 19.3 Å². The molecule has 2 aliphatic rings. The summed E-state index contributed by atoms with van der Waals surface area (Å²) in [5, 5.41) is 4.39. The quantitative estimate of drug-likeness (QED) is 0.788. The van der Waals surface area contributed by atoms with Crippen LogP contribution in [-0.2, 0) is 0 Å². The first-order valence-electron chi connectivity index (χ1n) is 8.75. The number of nitrogens with zero attached hydrogens (tertiary/aromatic N) is 5. The van der Waals surface area contributed by atoms with Crippen molar-refractivity contribution in [1.82, 2.24) is 24.5 Å². The highest BCUT2D eigenvalue weighted by Gasteiger charge is 2.25. The van der Waals surface area contributed by atoms with Crippen LogP contribution in [0.25, 0.3) is 22.8 Å². The molecule has 1 aliphatic carbocycles. The zero-order valence-electron chi connectivity index (χ0n) is 13.9. The van der Waals surface area contributed by atoms with Gasteiger partial charge in [0.2, 0.25) is 11.8 Å². The summed E-state index contributed by atoms with van der Waals surface area (Å²) in [6.07, 6.45) is 7.66. The zero-order chi connectivity index (χ0) is 16.8. The summed E-state index contributed by atoms with van der Waals surface area (Å²) in [5.74, 6) is 2.41. The summed E-state index contributed by atoms with van der Waals surface area (Å²) in [6, 6.07) is 5.60. The topological polar surface area (TPSA) is 85.5 Å². The van der Waals surface area contributed by atoms with Gasteiger partial charge in [0.15, 0.2) is 11.4 Å². The van der Waals surface area contributed by atoms with Gasteiger partial charge in [0.05, 0.1) is 12.0 Å². The number of hydrogen-bond acceptors (Lipinski definition) is 6. The van der Waals surface area contributed by atoms with Crippen LogP contribution in [0.4, 0.5) is 5.95 Å². The molecule has 0 atom stereocenters. The fourth-order valence-corrected chi connectivity index (χ4v) is 3.36. The first-order chi connectivity index (χ1) is 12.3. The number of nitrogen functional groups attached to an aromatic ring is 1. The maximum absolute atomic E-state index is 6.11. The summed E-state index contributed by atoms with van der Waals surface area (Å²) < 4.78 is 6.93.